The van der Waals surface area contributed by atoms with Crippen molar-refractivity contribution in [2.24, 2.45) is 11.8 Å². The summed E-state index contributed by atoms with van der Waals surface area (Å²) in [5, 5.41) is 9.76. The van der Waals surface area contributed by atoms with Gasteiger partial charge in [0.15, 0.2) is 0 Å². The van der Waals surface area contributed by atoms with Crippen molar-refractivity contribution in [2.75, 3.05) is 0 Å². The Morgan fingerprint density at radius 1 is 0.889 bits per heavy atom. The minimum atomic E-state index is -1.73. The number of hydrogen-bond acceptors (Lipinski definition) is 4. The van der Waals surface area contributed by atoms with E-state index in [2.05, 4.69) is 26.0 Å². The van der Waals surface area contributed by atoms with Gasteiger partial charge >= 0.3 is 8.60 Å². The first-order chi connectivity index (χ1) is 12.8. The number of hydrogen-bond donors (Lipinski definition) is 1. The van der Waals surface area contributed by atoms with Crippen LogP contribution in [0.2, 0.25) is 0 Å². The first-order valence-electron chi connectivity index (χ1n) is 9.18. The van der Waals surface area contributed by atoms with E-state index in [0.29, 0.717) is 5.75 Å². The third-order valence-corrected chi connectivity index (χ3v) is 6.67. The first kappa shape index (κ1) is 19.9. The quantitative estimate of drug-likeness (QED) is 0.603. The summed E-state index contributed by atoms with van der Waals surface area (Å²) in [7, 11) is -1.73. The van der Waals surface area contributed by atoms with Crippen LogP contribution in [0.25, 0.3) is 0 Å². The zero-order chi connectivity index (χ0) is 19.5. The molecule has 0 aliphatic heterocycles. The van der Waals surface area contributed by atoms with Gasteiger partial charge in [-0.15, -0.1) is 0 Å². The molecule has 4 nitrogen and oxygen atoms in total. The molecular weight excluding hydrogens is 359 g/mol. The normalized spacial score (nSPS) is 33.2. The smallest absolute Gasteiger partial charge is 0.399 e. The van der Waals surface area contributed by atoms with Crippen LogP contribution in [0.1, 0.15) is 27.7 Å². The molecule has 4 atom stereocenters. The third kappa shape index (κ3) is 4.70. The van der Waals surface area contributed by atoms with E-state index >= 15 is 0 Å². The fourth-order valence-electron chi connectivity index (χ4n) is 2.87. The molecule has 0 heterocycles. The molecule has 27 heavy (non-hydrogen) atoms. The van der Waals surface area contributed by atoms with Crippen LogP contribution in [0.15, 0.2) is 72.9 Å². The average Bonchev–Trinajstić information content (AvgIpc) is 2.60. The van der Waals surface area contributed by atoms with Crippen LogP contribution in [0.5, 0.6) is 11.5 Å². The first-order valence-corrected chi connectivity index (χ1v) is 10.3. The third-order valence-electron chi connectivity index (χ3n) is 5.22. The van der Waals surface area contributed by atoms with Crippen molar-refractivity contribution in [1.29, 1.82) is 0 Å². The van der Waals surface area contributed by atoms with Gasteiger partial charge in [-0.2, -0.15) is 0 Å². The summed E-state index contributed by atoms with van der Waals surface area (Å²) < 4.78 is 18.9. The fourth-order valence-corrected chi connectivity index (χ4v) is 4.37. The number of rotatable bonds is 6. The standard InChI is InChI=1S/C22H27O4P/c1-17-10-5-7-14-21(17,3)25-27(24-20-13-9-12-19(23)16-20)26-22(4)15-8-6-11-18(22)2/h5-18,23H,1-4H3. The number of phenolic OH excluding ortho intramolecular Hbond substituents is 1. The Balaban J connectivity index is 1.84. The van der Waals surface area contributed by atoms with E-state index in [1.165, 1.54) is 0 Å². The van der Waals surface area contributed by atoms with Crippen molar-refractivity contribution in [1.82, 2.24) is 0 Å². The van der Waals surface area contributed by atoms with Crippen molar-refractivity contribution in [2.45, 2.75) is 38.9 Å². The molecule has 0 radical (unpaired) electrons. The molecule has 0 saturated carbocycles. The lowest BCUT2D eigenvalue weighted by Crippen LogP contribution is -2.37. The van der Waals surface area contributed by atoms with Gasteiger partial charge < -0.3 is 9.63 Å². The Kier molecular flexibility index (Phi) is 5.90. The van der Waals surface area contributed by atoms with E-state index in [0.717, 1.165) is 0 Å². The summed E-state index contributed by atoms with van der Waals surface area (Å²) in [5.74, 6) is 1.01. The molecule has 2 aliphatic carbocycles. The van der Waals surface area contributed by atoms with Gasteiger partial charge in [0.1, 0.15) is 11.5 Å². The number of benzene rings is 1. The van der Waals surface area contributed by atoms with Crippen molar-refractivity contribution in [3.63, 3.8) is 0 Å². The van der Waals surface area contributed by atoms with Crippen molar-refractivity contribution >= 4 is 8.60 Å². The molecule has 0 fully saturated rings. The highest BCUT2D eigenvalue weighted by molar-refractivity contribution is 7.42. The van der Waals surface area contributed by atoms with Gasteiger partial charge in [-0.05, 0) is 26.0 Å². The summed E-state index contributed by atoms with van der Waals surface area (Å²) in [6, 6.07) is 6.69. The van der Waals surface area contributed by atoms with Crippen LogP contribution in [-0.4, -0.2) is 16.3 Å². The second-order valence-corrected chi connectivity index (χ2v) is 8.42. The Labute approximate surface area is 162 Å². The largest absolute Gasteiger partial charge is 0.508 e. The van der Waals surface area contributed by atoms with Gasteiger partial charge in [-0.25, -0.2) is 0 Å². The Bertz CT molecular complexity index is 742. The van der Waals surface area contributed by atoms with Gasteiger partial charge in [0, 0.05) is 17.9 Å². The molecule has 144 valence electrons. The molecule has 0 saturated heterocycles. The molecule has 5 heteroatoms. The van der Waals surface area contributed by atoms with Crippen LogP contribution < -0.4 is 4.52 Å². The molecule has 0 aromatic heterocycles. The highest BCUT2D eigenvalue weighted by Gasteiger charge is 2.40. The molecule has 1 aromatic carbocycles. The maximum Gasteiger partial charge on any atom is 0.399 e. The van der Waals surface area contributed by atoms with Gasteiger partial charge in [0.05, 0.1) is 11.2 Å². The highest BCUT2D eigenvalue weighted by Crippen LogP contribution is 2.52. The Hall–Kier alpha value is -1.87. The van der Waals surface area contributed by atoms with E-state index in [1.807, 2.05) is 50.3 Å². The molecule has 1 aromatic rings. The van der Waals surface area contributed by atoms with Gasteiger partial charge in [0.25, 0.3) is 0 Å². The molecule has 1 N–H and O–H groups in total. The Morgan fingerprint density at radius 2 is 1.44 bits per heavy atom. The molecule has 0 amide bonds. The van der Waals surface area contributed by atoms with E-state index in [-0.39, 0.29) is 17.6 Å². The minimum absolute atomic E-state index is 0.141. The van der Waals surface area contributed by atoms with Crippen molar-refractivity contribution in [3.05, 3.63) is 72.9 Å². The predicted octanol–water partition coefficient (Wildman–Crippen LogP) is 6.07. The van der Waals surface area contributed by atoms with Crippen LogP contribution in [0.4, 0.5) is 0 Å². The monoisotopic (exact) mass is 386 g/mol. The lowest BCUT2D eigenvalue weighted by atomic mass is 9.87. The van der Waals surface area contributed by atoms with Crippen LogP contribution in [0, 0.1) is 11.8 Å². The molecule has 0 spiro atoms. The zero-order valence-corrected chi connectivity index (χ0v) is 17.1. The van der Waals surface area contributed by atoms with E-state index in [9.17, 15) is 5.11 Å². The Morgan fingerprint density at radius 3 is 1.93 bits per heavy atom. The van der Waals surface area contributed by atoms with Crippen molar-refractivity contribution < 1.29 is 18.7 Å². The summed E-state index contributed by atoms with van der Waals surface area (Å²) in [5.41, 5.74) is -1.07. The minimum Gasteiger partial charge on any atom is -0.508 e. The molecule has 0 bridgehead atoms. The lowest BCUT2D eigenvalue weighted by Gasteiger charge is -2.39. The van der Waals surface area contributed by atoms with E-state index in [1.54, 1.807) is 24.3 Å². The average molecular weight is 386 g/mol. The SMILES string of the molecule is CC1C=CC=CC1(C)OP(Oc1cccc(O)c1)OC1(C)C=CC=CC1C. The number of phenols is 1. The molecule has 3 rings (SSSR count). The predicted molar refractivity (Wildman–Crippen MR) is 110 cm³/mol. The summed E-state index contributed by atoms with van der Waals surface area (Å²) >= 11 is 0. The van der Waals surface area contributed by atoms with Crippen molar-refractivity contribution in [3.8, 4) is 11.5 Å². The van der Waals surface area contributed by atoms with E-state index < -0.39 is 19.8 Å². The topological polar surface area (TPSA) is 47.9 Å². The van der Waals surface area contributed by atoms with Gasteiger partial charge in [-0.3, -0.25) is 9.05 Å². The van der Waals surface area contributed by atoms with E-state index in [4.69, 9.17) is 13.6 Å². The number of aromatic hydroxyl groups is 1. The highest BCUT2D eigenvalue weighted by atomic mass is 31.2. The van der Waals surface area contributed by atoms with Crippen LogP contribution in [0.3, 0.4) is 0 Å². The molecule has 4 unspecified atom stereocenters. The maximum atomic E-state index is 9.76. The van der Waals surface area contributed by atoms with Crippen LogP contribution in [-0.2, 0) is 9.05 Å². The second kappa shape index (κ2) is 8.02. The van der Waals surface area contributed by atoms with Gasteiger partial charge in [0.2, 0.25) is 0 Å². The molecule has 2 aliphatic rings. The van der Waals surface area contributed by atoms with Crippen LogP contribution >= 0.6 is 8.60 Å². The fraction of sp³-hybridized carbons (Fsp3) is 0.364. The number of allylic oxidation sites excluding steroid dienone is 4. The maximum absolute atomic E-state index is 9.76. The summed E-state index contributed by atoms with van der Waals surface area (Å²) in [4.78, 5) is 0. The summed E-state index contributed by atoms with van der Waals surface area (Å²) in [6.45, 7) is 8.28. The van der Waals surface area contributed by atoms with Gasteiger partial charge in [-0.1, -0.05) is 68.5 Å². The lowest BCUT2D eigenvalue weighted by molar-refractivity contribution is 0.0280. The second-order valence-electron chi connectivity index (χ2n) is 7.43. The molecular formula is C22H27O4P. The zero-order valence-electron chi connectivity index (χ0n) is 16.2. The summed E-state index contributed by atoms with van der Waals surface area (Å²) in [6.07, 6.45) is 16.3.